The Kier molecular flexibility index (Phi) is 8.13. The number of likely N-dealkylation sites (tertiary alicyclic amines) is 1. The van der Waals surface area contributed by atoms with E-state index < -0.39 is 28.6 Å². The highest BCUT2D eigenvalue weighted by molar-refractivity contribution is 6.13. The molecule has 0 spiro atoms. The van der Waals surface area contributed by atoms with Gasteiger partial charge in [0.1, 0.15) is 12.4 Å². The Bertz CT molecular complexity index is 1040. The molecule has 2 N–H and O–H groups in total. The molecule has 3 fully saturated rings. The van der Waals surface area contributed by atoms with Crippen LogP contribution in [0.4, 0.5) is 0 Å². The van der Waals surface area contributed by atoms with Crippen LogP contribution in [-0.2, 0) is 28.7 Å². The number of esters is 1. The van der Waals surface area contributed by atoms with E-state index in [2.05, 4.69) is 9.64 Å². The lowest BCUT2D eigenvalue weighted by atomic mass is 9.56. The average molecular weight is 504 g/mol. The number of allylic oxidation sites excluding steroid dienone is 1. The van der Waals surface area contributed by atoms with Crippen LogP contribution in [0, 0.1) is 16.7 Å². The molecule has 2 heterocycles. The lowest BCUT2D eigenvalue weighted by Crippen LogP contribution is -2.47. The van der Waals surface area contributed by atoms with Gasteiger partial charge in [0.05, 0.1) is 11.0 Å². The molecule has 0 radical (unpaired) electrons. The van der Waals surface area contributed by atoms with Gasteiger partial charge in [-0.3, -0.25) is 14.4 Å². The summed E-state index contributed by atoms with van der Waals surface area (Å²) in [5.74, 6) is -2.00. The van der Waals surface area contributed by atoms with Crippen LogP contribution in [0.25, 0.3) is 0 Å². The Morgan fingerprint density at radius 3 is 2.31 bits per heavy atom. The zero-order valence-corrected chi connectivity index (χ0v) is 21.8. The maximum atomic E-state index is 13.4. The first kappa shape index (κ1) is 27.6. The second kappa shape index (κ2) is 10.6. The van der Waals surface area contributed by atoms with Crippen LogP contribution in [0.2, 0.25) is 0 Å². The number of carbonyl (C=O) groups excluding carboxylic acids is 3. The number of fused-ring (bicyclic) bond motifs is 4. The quantitative estimate of drug-likeness (QED) is 0.408. The summed E-state index contributed by atoms with van der Waals surface area (Å²) in [6.07, 6.45) is 6.33. The largest absolute Gasteiger partial charge is 0.504 e. The van der Waals surface area contributed by atoms with Crippen molar-refractivity contribution in [1.82, 2.24) is 4.90 Å². The predicted molar refractivity (Wildman–Crippen MR) is 131 cm³/mol. The molecular weight excluding hydrogens is 466 g/mol. The monoisotopic (exact) mass is 503 g/mol. The molecule has 2 aliphatic heterocycles. The Balaban J connectivity index is 0.000000463. The minimum Gasteiger partial charge on any atom is -0.504 e. The Morgan fingerprint density at radius 2 is 1.72 bits per heavy atom. The van der Waals surface area contributed by atoms with Gasteiger partial charge in [-0.25, -0.2) is 4.79 Å². The number of cyclic esters (lactones) is 1. The summed E-state index contributed by atoms with van der Waals surface area (Å²) >= 11 is 0. The first-order valence-corrected chi connectivity index (χ1v) is 12.4. The summed E-state index contributed by atoms with van der Waals surface area (Å²) in [6, 6.07) is 0. The molecule has 36 heavy (non-hydrogen) atoms. The Hall–Kier alpha value is -2.94. The summed E-state index contributed by atoms with van der Waals surface area (Å²) < 4.78 is 9.82. The average Bonchev–Trinajstić information content (AvgIpc) is 3.42. The minimum atomic E-state index is -0.833. The summed E-state index contributed by atoms with van der Waals surface area (Å²) in [5, 5.41) is 18.5. The molecule has 5 rings (SSSR count). The van der Waals surface area contributed by atoms with Crippen molar-refractivity contribution in [2.45, 2.75) is 59.3 Å². The number of carbonyl (C=O) groups is 4. The van der Waals surface area contributed by atoms with Gasteiger partial charge in [0.2, 0.25) is 5.78 Å². The van der Waals surface area contributed by atoms with Crippen molar-refractivity contribution < 1.29 is 38.9 Å². The summed E-state index contributed by atoms with van der Waals surface area (Å²) in [6.45, 7) is 6.83. The molecule has 3 atom stereocenters. The van der Waals surface area contributed by atoms with Crippen LogP contribution < -0.4 is 0 Å². The van der Waals surface area contributed by atoms with E-state index in [0.717, 1.165) is 38.4 Å². The van der Waals surface area contributed by atoms with Crippen molar-refractivity contribution in [2.75, 3.05) is 33.9 Å². The normalized spacial score (nSPS) is 32.1. The third-order valence-electron chi connectivity index (χ3n) is 7.98. The fraction of sp³-hybridized carbons (Fsp3) is 0.630. The van der Waals surface area contributed by atoms with Crippen molar-refractivity contribution in [3.63, 3.8) is 0 Å². The molecule has 0 aromatic rings. The van der Waals surface area contributed by atoms with E-state index in [9.17, 15) is 19.5 Å². The number of ether oxygens (including phenoxy) is 2. The maximum absolute atomic E-state index is 13.4. The zero-order valence-electron chi connectivity index (χ0n) is 21.8. The molecule has 198 valence electrons. The van der Waals surface area contributed by atoms with Crippen molar-refractivity contribution in [3.05, 3.63) is 34.3 Å². The van der Waals surface area contributed by atoms with Crippen molar-refractivity contribution in [3.8, 4) is 0 Å². The third-order valence-corrected chi connectivity index (χ3v) is 7.98. The number of hydrogen-bond donors (Lipinski definition) is 2. The van der Waals surface area contributed by atoms with Crippen LogP contribution in [0.3, 0.4) is 0 Å². The zero-order chi connectivity index (χ0) is 26.8. The summed E-state index contributed by atoms with van der Waals surface area (Å²) in [5.41, 5.74) is 1.02. The highest BCUT2D eigenvalue weighted by Crippen LogP contribution is 2.60. The van der Waals surface area contributed by atoms with Crippen LogP contribution >= 0.6 is 0 Å². The van der Waals surface area contributed by atoms with Crippen LogP contribution in [-0.4, -0.2) is 72.5 Å². The molecule has 0 bridgehead atoms. The first-order valence-electron chi connectivity index (χ1n) is 12.4. The number of methoxy groups -OCH3 is 1. The number of Topliss-reactive ketones (excluding diaryl/α,β-unsaturated/α-hetero) is 2. The fourth-order valence-corrected chi connectivity index (χ4v) is 6.25. The van der Waals surface area contributed by atoms with Crippen LogP contribution in [0.1, 0.15) is 59.3 Å². The molecular formula is C27H37NO8. The van der Waals surface area contributed by atoms with Gasteiger partial charge in [-0.05, 0) is 44.6 Å². The lowest BCUT2D eigenvalue weighted by molar-refractivity contribution is -0.143. The number of aliphatic hydroxyl groups excluding tert-OH is 1. The van der Waals surface area contributed by atoms with E-state index >= 15 is 0 Å². The molecule has 0 amide bonds. The Morgan fingerprint density at radius 1 is 1.14 bits per heavy atom. The molecule has 1 saturated carbocycles. The highest BCUT2D eigenvalue weighted by atomic mass is 16.5. The smallest absolute Gasteiger partial charge is 0.340 e. The van der Waals surface area contributed by atoms with Gasteiger partial charge in [-0.1, -0.05) is 6.92 Å². The number of hydrogen-bond acceptors (Lipinski definition) is 8. The topological polar surface area (TPSA) is 130 Å². The van der Waals surface area contributed by atoms with Gasteiger partial charge >= 0.3 is 5.97 Å². The molecule has 3 unspecified atom stereocenters. The van der Waals surface area contributed by atoms with Crippen LogP contribution in [0.5, 0.6) is 0 Å². The van der Waals surface area contributed by atoms with Gasteiger partial charge in [-0.15, -0.1) is 0 Å². The van der Waals surface area contributed by atoms with Gasteiger partial charge in [0.25, 0.3) is 5.97 Å². The van der Waals surface area contributed by atoms with E-state index in [0.29, 0.717) is 42.4 Å². The van der Waals surface area contributed by atoms with Gasteiger partial charge < -0.3 is 24.6 Å². The fourth-order valence-electron chi connectivity index (χ4n) is 6.25. The predicted octanol–water partition coefficient (Wildman–Crippen LogP) is 3.35. The first-order chi connectivity index (χ1) is 16.9. The minimum absolute atomic E-state index is 0.117. The lowest BCUT2D eigenvalue weighted by Gasteiger charge is -2.48. The molecule has 9 heteroatoms. The SMILES string of the molecule is CC(=O)O.CC12COC(=O)/C(=C/N3CCCC3)C1=C(O)C(=O)C1=C2CCC2(C)C(=O)CCC12.COC. The number of nitrogens with zero attached hydrogens (tertiary/aromatic N) is 1. The molecule has 5 aliphatic rings. The number of aliphatic hydroxyl groups is 1. The number of aliphatic carboxylic acids is 1. The second-order valence-electron chi connectivity index (χ2n) is 10.5. The Labute approximate surface area is 211 Å². The molecule has 2 saturated heterocycles. The molecule has 9 nitrogen and oxygen atoms in total. The molecule has 3 aliphatic carbocycles. The van der Waals surface area contributed by atoms with Crippen molar-refractivity contribution in [2.24, 2.45) is 16.7 Å². The van der Waals surface area contributed by atoms with Gasteiger partial charge in [0, 0.05) is 69.3 Å². The van der Waals surface area contributed by atoms with Gasteiger partial charge in [-0.2, -0.15) is 0 Å². The molecule has 0 aromatic heterocycles. The summed E-state index contributed by atoms with van der Waals surface area (Å²) in [7, 11) is 3.25. The number of carboxylic acid groups (broad SMARTS) is 1. The third kappa shape index (κ3) is 4.73. The number of ketones is 2. The van der Waals surface area contributed by atoms with E-state index in [1.54, 1.807) is 20.4 Å². The number of rotatable bonds is 1. The maximum Gasteiger partial charge on any atom is 0.340 e. The van der Waals surface area contributed by atoms with Crippen LogP contribution in [0.15, 0.2) is 34.3 Å². The van der Waals surface area contributed by atoms with Crippen molar-refractivity contribution in [1.29, 1.82) is 0 Å². The summed E-state index contributed by atoms with van der Waals surface area (Å²) in [4.78, 5) is 49.6. The van der Waals surface area contributed by atoms with Gasteiger partial charge in [0.15, 0.2) is 5.76 Å². The molecule has 0 aromatic carbocycles. The van der Waals surface area contributed by atoms with E-state index in [1.807, 2.05) is 13.8 Å². The van der Waals surface area contributed by atoms with E-state index in [4.69, 9.17) is 14.6 Å². The second-order valence-corrected chi connectivity index (χ2v) is 10.5. The highest BCUT2D eigenvalue weighted by Gasteiger charge is 2.58. The van der Waals surface area contributed by atoms with E-state index in [-0.39, 0.29) is 24.1 Å². The van der Waals surface area contributed by atoms with Crippen molar-refractivity contribution >= 4 is 23.5 Å². The number of carboxylic acids is 1. The van der Waals surface area contributed by atoms with E-state index in [1.165, 1.54) is 0 Å². The standard InChI is InChI=1S/C23H27NO5.C2H4O2.C2H6O/c1-22-8-7-15-17(14(22)5-6-16(22)25)19(26)20(27)18-13(11-24-9-3-4-10-24)21(28)29-12-23(15,18)2;1-2(3)4;1-3-2/h11,14,27H,3-10,12H2,1-2H3;1H3,(H,3,4);1-2H3/b13-11+;;.